The number of aliphatic hydroxyl groups excluding tert-OH is 1. The van der Waals surface area contributed by atoms with E-state index in [1.54, 1.807) is 6.92 Å². The highest BCUT2D eigenvalue weighted by Gasteiger charge is 2.20. The minimum Gasteiger partial charge on any atom is -0.462 e. The summed E-state index contributed by atoms with van der Waals surface area (Å²) in [5.41, 5.74) is 0. The molecule has 1 aromatic heterocycles. The summed E-state index contributed by atoms with van der Waals surface area (Å²) >= 11 is 0. The second-order valence-corrected chi connectivity index (χ2v) is 5.28. The molecule has 0 aliphatic heterocycles. The SMILES string of the molecule is CCCCNS(=O)(=O)c1cc(CO)oc1C. The lowest BCUT2D eigenvalue weighted by Crippen LogP contribution is -2.24. The van der Waals surface area contributed by atoms with Gasteiger partial charge in [-0.25, -0.2) is 13.1 Å². The summed E-state index contributed by atoms with van der Waals surface area (Å²) in [6.45, 7) is 3.66. The molecule has 1 heterocycles. The van der Waals surface area contributed by atoms with Crippen molar-refractivity contribution in [3.8, 4) is 0 Å². The van der Waals surface area contributed by atoms with E-state index in [1.165, 1.54) is 6.07 Å². The Morgan fingerprint density at radius 1 is 1.50 bits per heavy atom. The third-order valence-electron chi connectivity index (χ3n) is 2.19. The van der Waals surface area contributed by atoms with Crippen molar-refractivity contribution in [2.75, 3.05) is 6.54 Å². The van der Waals surface area contributed by atoms with Gasteiger partial charge in [0, 0.05) is 12.6 Å². The number of aliphatic hydroxyl groups is 1. The molecule has 2 N–H and O–H groups in total. The zero-order valence-electron chi connectivity index (χ0n) is 9.49. The molecule has 1 aromatic rings. The van der Waals surface area contributed by atoms with Crippen molar-refractivity contribution in [2.45, 2.75) is 38.2 Å². The average Bonchev–Trinajstić information content (AvgIpc) is 2.60. The molecule has 5 nitrogen and oxygen atoms in total. The molecule has 1 rings (SSSR count). The van der Waals surface area contributed by atoms with Gasteiger partial charge in [-0.1, -0.05) is 13.3 Å². The van der Waals surface area contributed by atoms with Gasteiger partial charge in [-0.15, -0.1) is 0 Å². The van der Waals surface area contributed by atoms with E-state index < -0.39 is 10.0 Å². The second-order valence-electron chi connectivity index (χ2n) is 3.54. The van der Waals surface area contributed by atoms with E-state index in [4.69, 9.17) is 9.52 Å². The fourth-order valence-electron chi connectivity index (χ4n) is 1.33. The van der Waals surface area contributed by atoms with Crippen LogP contribution >= 0.6 is 0 Å². The molecule has 6 heteroatoms. The first-order valence-corrected chi connectivity index (χ1v) is 6.69. The van der Waals surface area contributed by atoms with Crippen molar-refractivity contribution >= 4 is 10.0 Å². The van der Waals surface area contributed by atoms with Gasteiger partial charge in [0.05, 0.1) is 0 Å². The third-order valence-corrected chi connectivity index (χ3v) is 3.76. The Morgan fingerprint density at radius 3 is 2.69 bits per heavy atom. The smallest absolute Gasteiger partial charge is 0.244 e. The molecule has 0 atom stereocenters. The molecular formula is C10H17NO4S. The van der Waals surface area contributed by atoms with Gasteiger partial charge in [-0.05, 0) is 13.3 Å². The lowest BCUT2D eigenvalue weighted by atomic mass is 10.3. The van der Waals surface area contributed by atoms with Gasteiger partial charge in [-0.2, -0.15) is 0 Å². The van der Waals surface area contributed by atoms with E-state index in [0.717, 1.165) is 12.8 Å². The van der Waals surface area contributed by atoms with E-state index >= 15 is 0 Å². The highest BCUT2D eigenvalue weighted by atomic mass is 32.2. The van der Waals surface area contributed by atoms with Crippen molar-refractivity contribution in [1.82, 2.24) is 4.72 Å². The molecule has 0 spiro atoms. The molecular weight excluding hydrogens is 230 g/mol. The summed E-state index contributed by atoms with van der Waals surface area (Å²) in [4.78, 5) is 0.104. The zero-order chi connectivity index (χ0) is 12.2. The molecule has 0 fully saturated rings. The van der Waals surface area contributed by atoms with Crippen molar-refractivity contribution in [1.29, 1.82) is 0 Å². The van der Waals surface area contributed by atoms with Crippen LogP contribution in [0.3, 0.4) is 0 Å². The summed E-state index contributed by atoms with van der Waals surface area (Å²) in [5.74, 6) is 0.557. The molecule has 0 amide bonds. The van der Waals surface area contributed by atoms with E-state index in [0.29, 0.717) is 12.3 Å². The van der Waals surface area contributed by atoms with Gasteiger partial charge < -0.3 is 9.52 Å². The molecule has 0 aliphatic rings. The van der Waals surface area contributed by atoms with Crippen molar-refractivity contribution in [2.24, 2.45) is 0 Å². The zero-order valence-corrected chi connectivity index (χ0v) is 10.3. The molecule has 0 unspecified atom stereocenters. The van der Waals surface area contributed by atoms with Crippen LogP contribution < -0.4 is 4.72 Å². The molecule has 0 aromatic carbocycles. The highest BCUT2D eigenvalue weighted by Crippen LogP contribution is 2.19. The van der Waals surface area contributed by atoms with Gasteiger partial charge in [0.15, 0.2) is 0 Å². The van der Waals surface area contributed by atoms with Crippen LogP contribution in [0, 0.1) is 6.92 Å². The van der Waals surface area contributed by atoms with Crippen LogP contribution in [-0.4, -0.2) is 20.1 Å². The lowest BCUT2D eigenvalue weighted by molar-refractivity contribution is 0.244. The predicted octanol–water partition coefficient (Wildman–Crippen LogP) is 1.16. The van der Waals surface area contributed by atoms with Crippen LogP contribution in [-0.2, 0) is 16.6 Å². The van der Waals surface area contributed by atoms with Crippen LogP contribution in [0.25, 0.3) is 0 Å². The summed E-state index contributed by atoms with van der Waals surface area (Å²) in [6.07, 6.45) is 1.72. The van der Waals surface area contributed by atoms with Crippen molar-refractivity contribution in [3.05, 3.63) is 17.6 Å². The number of rotatable bonds is 6. The first-order chi connectivity index (χ1) is 7.51. The Bertz CT molecular complexity index is 436. The van der Waals surface area contributed by atoms with E-state index in [9.17, 15) is 8.42 Å². The molecule has 0 bridgehead atoms. The number of hydrogen-bond donors (Lipinski definition) is 2. The number of aryl methyl sites for hydroxylation is 1. The van der Waals surface area contributed by atoms with Gasteiger partial charge in [0.25, 0.3) is 0 Å². The second kappa shape index (κ2) is 5.47. The number of nitrogens with one attached hydrogen (secondary N) is 1. The Balaban J connectivity index is 2.85. The van der Waals surface area contributed by atoms with E-state index in [1.807, 2.05) is 6.92 Å². The quantitative estimate of drug-likeness (QED) is 0.739. The van der Waals surface area contributed by atoms with Gasteiger partial charge in [0.1, 0.15) is 23.0 Å². The van der Waals surface area contributed by atoms with Crippen LogP contribution in [0.5, 0.6) is 0 Å². The largest absolute Gasteiger partial charge is 0.462 e. The Kier molecular flexibility index (Phi) is 4.52. The normalized spacial score (nSPS) is 11.9. The van der Waals surface area contributed by atoms with Crippen LogP contribution in [0.15, 0.2) is 15.4 Å². The topological polar surface area (TPSA) is 79.5 Å². The molecule has 0 radical (unpaired) electrons. The fourth-order valence-corrected chi connectivity index (χ4v) is 2.61. The number of hydrogen-bond acceptors (Lipinski definition) is 4. The summed E-state index contributed by atoms with van der Waals surface area (Å²) < 4.78 is 31.2. The molecule has 92 valence electrons. The lowest BCUT2D eigenvalue weighted by Gasteiger charge is -2.03. The minimum absolute atomic E-state index is 0.104. The summed E-state index contributed by atoms with van der Waals surface area (Å²) in [6, 6.07) is 1.35. The van der Waals surface area contributed by atoms with E-state index in [2.05, 4.69) is 4.72 Å². The van der Waals surface area contributed by atoms with Crippen molar-refractivity contribution in [3.63, 3.8) is 0 Å². The first-order valence-electron chi connectivity index (χ1n) is 5.21. The van der Waals surface area contributed by atoms with Crippen molar-refractivity contribution < 1.29 is 17.9 Å². The van der Waals surface area contributed by atoms with Gasteiger partial charge in [0.2, 0.25) is 10.0 Å². The Morgan fingerprint density at radius 2 is 2.19 bits per heavy atom. The highest BCUT2D eigenvalue weighted by molar-refractivity contribution is 7.89. The fraction of sp³-hybridized carbons (Fsp3) is 0.600. The predicted molar refractivity (Wildman–Crippen MR) is 59.5 cm³/mol. The minimum atomic E-state index is -3.51. The average molecular weight is 247 g/mol. The summed E-state index contributed by atoms with van der Waals surface area (Å²) in [7, 11) is -3.51. The van der Waals surface area contributed by atoms with Gasteiger partial charge >= 0.3 is 0 Å². The third kappa shape index (κ3) is 3.07. The molecule has 0 aliphatic carbocycles. The number of sulfonamides is 1. The monoisotopic (exact) mass is 247 g/mol. The maximum Gasteiger partial charge on any atom is 0.244 e. The molecule has 0 saturated heterocycles. The van der Waals surface area contributed by atoms with Gasteiger partial charge in [-0.3, -0.25) is 0 Å². The summed E-state index contributed by atoms with van der Waals surface area (Å²) in [5, 5.41) is 8.85. The number of furan rings is 1. The van der Waals surface area contributed by atoms with Crippen LogP contribution in [0.1, 0.15) is 31.3 Å². The number of unbranched alkanes of at least 4 members (excludes halogenated alkanes) is 1. The Labute approximate surface area is 95.5 Å². The van der Waals surface area contributed by atoms with Crippen LogP contribution in [0.4, 0.5) is 0 Å². The molecule has 0 saturated carbocycles. The standard InChI is InChI=1S/C10H17NO4S/c1-3-4-5-11-16(13,14)10-6-9(7-12)15-8(10)2/h6,11-12H,3-5,7H2,1-2H3. The Hall–Kier alpha value is -0.850. The maximum atomic E-state index is 11.8. The first kappa shape index (κ1) is 13.2. The maximum absolute atomic E-state index is 11.8. The van der Waals surface area contributed by atoms with E-state index in [-0.39, 0.29) is 17.3 Å². The molecule has 16 heavy (non-hydrogen) atoms. The van der Waals surface area contributed by atoms with Crippen LogP contribution in [0.2, 0.25) is 0 Å².